The molecule has 4 rings (SSSR count). The molecule has 0 spiro atoms. The van der Waals surface area contributed by atoms with Crippen molar-refractivity contribution in [3.05, 3.63) is 64.8 Å². The van der Waals surface area contributed by atoms with Crippen LogP contribution in [-0.2, 0) is 13.0 Å². The molecule has 1 aliphatic heterocycles. The van der Waals surface area contributed by atoms with Crippen LogP contribution in [0.15, 0.2) is 42.5 Å². The quantitative estimate of drug-likeness (QED) is 0.757. The zero-order chi connectivity index (χ0) is 17.4. The van der Waals surface area contributed by atoms with Crippen LogP contribution < -0.4 is 10.1 Å². The molecule has 0 saturated heterocycles. The Morgan fingerprint density at radius 3 is 2.72 bits per heavy atom. The summed E-state index contributed by atoms with van der Waals surface area (Å²) in [4.78, 5) is 0. The third-order valence-corrected chi connectivity index (χ3v) is 5.09. The van der Waals surface area contributed by atoms with Gasteiger partial charge in [0.25, 0.3) is 0 Å². The van der Waals surface area contributed by atoms with Crippen LogP contribution >= 0.6 is 0 Å². The second-order valence-electron chi connectivity index (χ2n) is 6.78. The van der Waals surface area contributed by atoms with Gasteiger partial charge < -0.3 is 14.6 Å². The van der Waals surface area contributed by atoms with E-state index in [4.69, 9.17) is 4.74 Å². The maximum Gasteiger partial charge on any atom is 0.118 e. The third-order valence-electron chi connectivity index (χ3n) is 5.09. The Morgan fingerprint density at radius 1 is 1.16 bits per heavy atom. The third kappa shape index (κ3) is 2.85. The van der Waals surface area contributed by atoms with E-state index in [9.17, 15) is 0 Å². The van der Waals surface area contributed by atoms with Crippen molar-refractivity contribution in [2.45, 2.75) is 26.8 Å². The summed E-state index contributed by atoms with van der Waals surface area (Å²) in [5, 5.41) is 4.92. The zero-order valence-electron chi connectivity index (χ0n) is 15.1. The highest BCUT2D eigenvalue weighted by atomic mass is 16.5. The first-order valence-corrected chi connectivity index (χ1v) is 8.83. The van der Waals surface area contributed by atoms with Gasteiger partial charge in [-0.3, -0.25) is 0 Å². The Bertz CT molecular complexity index is 948. The minimum Gasteiger partial charge on any atom is -0.497 e. The van der Waals surface area contributed by atoms with Gasteiger partial charge in [0.2, 0.25) is 0 Å². The topological polar surface area (TPSA) is 26.2 Å². The summed E-state index contributed by atoms with van der Waals surface area (Å²) >= 11 is 0. The van der Waals surface area contributed by atoms with Crippen molar-refractivity contribution in [1.29, 1.82) is 0 Å². The first-order chi connectivity index (χ1) is 12.2. The van der Waals surface area contributed by atoms with Crippen LogP contribution in [0.25, 0.3) is 22.7 Å². The first kappa shape index (κ1) is 16.0. The standard InChI is InChI=1S/C22H24N2O/c1-15-4-9-21-20(12-15)19-10-11-23-13-22(19)24(21)14-16(2)17-5-7-18(25-3)8-6-17/h4-9,12,14,23H,10-11,13H2,1-3H3/b16-14+. The number of rotatable bonds is 3. The Labute approximate surface area is 148 Å². The van der Waals surface area contributed by atoms with Crippen molar-refractivity contribution in [3.63, 3.8) is 0 Å². The summed E-state index contributed by atoms with van der Waals surface area (Å²) in [6.07, 6.45) is 3.36. The van der Waals surface area contributed by atoms with Gasteiger partial charge in [0, 0.05) is 23.8 Å². The molecule has 1 N–H and O–H groups in total. The predicted molar refractivity (Wildman–Crippen MR) is 105 cm³/mol. The smallest absolute Gasteiger partial charge is 0.118 e. The number of allylic oxidation sites excluding steroid dienone is 1. The molecule has 2 heterocycles. The summed E-state index contributed by atoms with van der Waals surface area (Å²) in [5.74, 6) is 0.889. The van der Waals surface area contributed by atoms with E-state index < -0.39 is 0 Å². The van der Waals surface area contributed by atoms with Crippen LogP contribution in [0, 0.1) is 6.92 Å². The van der Waals surface area contributed by atoms with Gasteiger partial charge in [-0.2, -0.15) is 0 Å². The molecule has 2 aromatic carbocycles. The highest BCUT2D eigenvalue weighted by Gasteiger charge is 2.19. The Kier molecular flexibility index (Phi) is 4.10. The Hall–Kier alpha value is -2.52. The molecule has 3 nitrogen and oxygen atoms in total. The van der Waals surface area contributed by atoms with Crippen LogP contribution in [-0.4, -0.2) is 18.2 Å². The number of ether oxygens (including phenoxy) is 1. The molecule has 0 radical (unpaired) electrons. The van der Waals surface area contributed by atoms with E-state index in [1.165, 1.54) is 38.9 Å². The first-order valence-electron chi connectivity index (χ1n) is 8.83. The molecule has 0 saturated carbocycles. The molecule has 0 amide bonds. The lowest BCUT2D eigenvalue weighted by molar-refractivity contribution is 0.415. The van der Waals surface area contributed by atoms with E-state index in [0.29, 0.717) is 0 Å². The molecule has 1 aliphatic rings. The molecule has 3 aromatic rings. The van der Waals surface area contributed by atoms with E-state index >= 15 is 0 Å². The van der Waals surface area contributed by atoms with Crippen LogP contribution in [0.3, 0.4) is 0 Å². The summed E-state index contributed by atoms with van der Waals surface area (Å²) in [7, 11) is 1.70. The van der Waals surface area contributed by atoms with Gasteiger partial charge in [0.15, 0.2) is 0 Å². The molecule has 3 heteroatoms. The molecule has 0 fully saturated rings. The number of nitrogens with one attached hydrogen (secondary N) is 1. The molecule has 128 valence electrons. The van der Waals surface area contributed by atoms with Gasteiger partial charge in [-0.15, -0.1) is 0 Å². The van der Waals surface area contributed by atoms with Crippen molar-refractivity contribution < 1.29 is 4.74 Å². The minimum atomic E-state index is 0.889. The van der Waals surface area contributed by atoms with Crippen LogP contribution in [0.5, 0.6) is 5.75 Å². The van der Waals surface area contributed by atoms with Crippen LogP contribution in [0.1, 0.15) is 29.3 Å². The second kappa shape index (κ2) is 6.41. The Morgan fingerprint density at radius 2 is 1.96 bits per heavy atom. The summed E-state index contributed by atoms with van der Waals surface area (Å²) < 4.78 is 7.64. The van der Waals surface area contributed by atoms with Crippen molar-refractivity contribution in [1.82, 2.24) is 9.88 Å². The van der Waals surface area contributed by atoms with Gasteiger partial charge >= 0.3 is 0 Å². The maximum atomic E-state index is 5.27. The second-order valence-corrected chi connectivity index (χ2v) is 6.78. The number of benzene rings is 2. The van der Waals surface area contributed by atoms with Crippen molar-refractivity contribution >= 4 is 22.7 Å². The zero-order valence-corrected chi connectivity index (χ0v) is 15.1. The van der Waals surface area contributed by atoms with Gasteiger partial charge in [0.05, 0.1) is 12.6 Å². The number of nitrogens with zero attached hydrogens (tertiary/aromatic N) is 1. The van der Waals surface area contributed by atoms with Crippen molar-refractivity contribution in [2.75, 3.05) is 13.7 Å². The molecule has 25 heavy (non-hydrogen) atoms. The highest BCUT2D eigenvalue weighted by molar-refractivity contribution is 5.90. The van der Waals surface area contributed by atoms with Gasteiger partial charge in [-0.05, 0) is 67.8 Å². The van der Waals surface area contributed by atoms with Crippen molar-refractivity contribution in [3.8, 4) is 5.75 Å². The number of aryl methyl sites for hydroxylation is 1. The lowest BCUT2D eigenvalue weighted by Crippen LogP contribution is -2.24. The van der Waals surface area contributed by atoms with Gasteiger partial charge in [-0.1, -0.05) is 23.8 Å². The van der Waals surface area contributed by atoms with E-state index in [2.05, 4.69) is 60.3 Å². The number of aromatic nitrogens is 1. The van der Waals surface area contributed by atoms with E-state index in [0.717, 1.165) is 25.3 Å². The average Bonchev–Trinajstić information content (AvgIpc) is 2.95. The van der Waals surface area contributed by atoms with Gasteiger partial charge in [0.1, 0.15) is 5.75 Å². The monoisotopic (exact) mass is 332 g/mol. The number of fused-ring (bicyclic) bond motifs is 3. The fourth-order valence-electron chi connectivity index (χ4n) is 3.71. The Balaban J connectivity index is 1.85. The fourth-order valence-corrected chi connectivity index (χ4v) is 3.71. The van der Waals surface area contributed by atoms with Crippen LogP contribution in [0.2, 0.25) is 0 Å². The largest absolute Gasteiger partial charge is 0.497 e. The molecule has 1 aromatic heterocycles. The summed E-state index contributed by atoms with van der Waals surface area (Å²) in [6.45, 7) is 6.32. The normalized spacial score (nSPS) is 14.6. The predicted octanol–water partition coefficient (Wildman–Crippen LogP) is 4.62. The van der Waals surface area contributed by atoms with E-state index in [1.54, 1.807) is 7.11 Å². The molecule has 0 atom stereocenters. The lowest BCUT2D eigenvalue weighted by Gasteiger charge is -2.16. The number of methoxy groups -OCH3 is 1. The highest BCUT2D eigenvalue weighted by Crippen LogP contribution is 2.31. The van der Waals surface area contributed by atoms with Crippen LogP contribution in [0.4, 0.5) is 0 Å². The van der Waals surface area contributed by atoms with E-state index in [-0.39, 0.29) is 0 Å². The molecule has 0 aliphatic carbocycles. The molecular formula is C22H24N2O. The fraction of sp³-hybridized carbons (Fsp3) is 0.273. The van der Waals surface area contributed by atoms with E-state index in [1.807, 2.05) is 12.1 Å². The van der Waals surface area contributed by atoms with Crippen molar-refractivity contribution in [2.24, 2.45) is 0 Å². The lowest BCUT2D eigenvalue weighted by atomic mass is 10.0. The minimum absolute atomic E-state index is 0.889. The SMILES string of the molecule is COc1ccc(/C(C)=C/n2c3c(c4cc(C)ccc42)CCNC3)cc1. The summed E-state index contributed by atoms with van der Waals surface area (Å²) in [5.41, 5.74) is 7.96. The number of hydrogen-bond donors (Lipinski definition) is 1. The molecular weight excluding hydrogens is 308 g/mol. The van der Waals surface area contributed by atoms with Gasteiger partial charge in [-0.25, -0.2) is 0 Å². The summed E-state index contributed by atoms with van der Waals surface area (Å²) in [6, 6.07) is 15.0. The molecule has 0 bridgehead atoms. The molecule has 0 unspecified atom stereocenters. The number of hydrogen-bond acceptors (Lipinski definition) is 2. The average molecular weight is 332 g/mol. The maximum absolute atomic E-state index is 5.27.